The third kappa shape index (κ3) is 7.02. The lowest BCUT2D eigenvalue weighted by molar-refractivity contribution is 0.0523. The summed E-state index contributed by atoms with van der Waals surface area (Å²) in [6.07, 6.45) is -0.494. The predicted molar refractivity (Wildman–Crippen MR) is 162 cm³/mol. The van der Waals surface area contributed by atoms with Gasteiger partial charge in [0, 0.05) is 12.2 Å². The van der Waals surface area contributed by atoms with Crippen LogP contribution in [0.3, 0.4) is 0 Å². The molecule has 0 aliphatic rings. The number of nitrogens with one attached hydrogen (secondary N) is 2. The molecule has 0 saturated heterocycles. The van der Waals surface area contributed by atoms with Gasteiger partial charge in [-0.3, -0.25) is 4.79 Å². The third-order valence-corrected chi connectivity index (χ3v) is 6.82. The van der Waals surface area contributed by atoms with Gasteiger partial charge < -0.3 is 21.1 Å². The predicted octanol–water partition coefficient (Wildman–Crippen LogP) is 6.32. The summed E-state index contributed by atoms with van der Waals surface area (Å²) in [4.78, 5) is 25.6. The molecule has 41 heavy (non-hydrogen) atoms. The number of anilines is 1. The molecule has 8 nitrogen and oxygen atoms in total. The minimum atomic E-state index is -0.728. The molecular formula is C33H39N5O3. The topological polar surface area (TPSA) is 111 Å². The Bertz CT molecular complexity index is 1520. The Balaban J connectivity index is 1.56. The highest BCUT2D eigenvalue weighted by Crippen LogP contribution is 2.35. The number of carbonyl (C=O) groups excluding carboxylic acids is 2. The van der Waals surface area contributed by atoms with Crippen LogP contribution in [-0.4, -0.2) is 27.4 Å². The zero-order valence-corrected chi connectivity index (χ0v) is 24.6. The molecule has 4 aromatic rings. The number of hydrogen-bond donors (Lipinski definition) is 3. The van der Waals surface area contributed by atoms with Crippen molar-refractivity contribution in [3.05, 3.63) is 113 Å². The first-order valence-corrected chi connectivity index (χ1v) is 13.8. The first kappa shape index (κ1) is 29.6. The van der Waals surface area contributed by atoms with Crippen LogP contribution >= 0.6 is 0 Å². The fourth-order valence-corrected chi connectivity index (χ4v) is 4.74. The number of alkyl carbamates (subject to hydrolysis) is 1. The Morgan fingerprint density at radius 3 is 2.29 bits per heavy atom. The van der Waals surface area contributed by atoms with Crippen LogP contribution < -0.4 is 16.4 Å². The quantitative estimate of drug-likeness (QED) is 0.237. The summed E-state index contributed by atoms with van der Waals surface area (Å²) in [5, 5.41) is 10.4. The highest BCUT2D eigenvalue weighted by atomic mass is 16.6. The van der Waals surface area contributed by atoms with Crippen molar-refractivity contribution in [2.75, 3.05) is 5.32 Å². The molecule has 1 unspecified atom stereocenters. The summed E-state index contributed by atoms with van der Waals surface area (Å²) in [6, 6.07) is 26.9. The molecule has 4 rings (SSSR count). The average Bonchev–Trinajstić information content (AvgIpc) is 3.33. The molecule has 214 valence electrons. The fourth-order valence-electron chi connectivity index (χ4n) is 4.74. The first-order chi connectivity index (χ1) is 19.4. The van der Waals surface area contributed by atoms with Gasteiger partial charge in [0.15, 0.2) is 0 Å². The van der Waals surface area contributed by atoms with Crippen LogP contribution in [0.4, 0.5) is 10.5 Å². The molecule has 1 heterocycles. The van der Waals surface area contributed by atoms with Gasteiger partial charge >= 0.3 is 6.09 Å². The van der Waals surface area contributed by atoms with E-state index in [1.165, 1.54) is 0 Å². The monoisotopic (exact) mass is 553 g/mol. The number of rotatable bonds is 8. The normalized spacial score (nSPS) is 13.0. The smallest absolute Gasteiger partial charge is 0.407 e. The molecule has 8 heteroatoms. The van der Waals surface area contributed by atoms with E-state index in [2.05, 4.69) is 29.6 Å². The van der Waals surface area contributed by atoms with Gasteiger partial charge in [0.2, 0.25) is 0 Å². The lowest BCUT2D eigenvalue weighted by atomic mass is 9.75. The summed E-state index contributed by atoms with van der Waals surface area (Å²) in [5.74, 6) is -0.191. The lowest BCUT2D eigenvalue weighted by Gasteiger charge is -2.35. The molecule has 1 aromatic heterocycles. The van der Waals surface area contributed by atoms with Gasteiger partial charge in [-0.25, -0.2) is 9.48 Å². The Morgan fingerprint density at radius 1 is 0.927 bits per heavy atom. The van der Waals surface area contributed by atoms with Crippen LogP contribution in [0.15, 0.2) is 84.9 Å². The molecule has 2 amide bonds. The van der Waals surface area contributed by atoms with Crippen molar-refractivity contribution in [1.82, 2.24) is 15.1 Å². The van der Waals surface area contributed by atoms with E-state index < -0.39 is 17.2 Å². The number of aryl methyl sites for hydroxylation is 1. The molecule has 0 bridgehead atoms. The van der Waals surface area contributed by atoms with Gasteiger partial charge in [-0.15, -0.1) is 0 Å². The molecular weight excluding hydrogens is 514 g/mol. The zero-order chi connectivity index (χ0) is 29.8. The largest absolute Gasteiger partial charge is 0.444 e. The Hall–Kier alpha value is -4.43. The minimum Gasteiger partial charge on any atom is -0.444 e. The van der Waals surface area contributed by atoms with Gasteiger partial charge in [-0.05, 0) is 80.6 Å². The van der Waals surface area contributed by atoms with E-state index in [0.717, 1.165) is 16.7 Å². The molecule has 0 saturated carbocycles. The Morgan fingerprint density at radius 2 is 1.61 bits per heavy atom. The molecule has 0 aliphatic carbocycles. The number of amides is 2. The van der Waals surface area contributed by atoms with Crippen LogP contribution in [0.2, 0.25) is 0 Å². The fraction of sp³-hybridized carbons (Fsp3) is 0.303. The van der Waals surface area contributed by atoms with Crippen molar-refractivity contribution in [2.45, 2.75) is 59.2 Å². The number of benzene rings is 3. The maximum atomic E-state index is 13.5. The lowest BCUT2D eigenvalue weighted by Crippen LogP contribution is -2.43. The molecule has 4 N–H and O–H groups in total. The molecule has 0 aliphatic heterocycles. The maximum Gasteiger partial charge on any atom is 0.407 e. The number of nitrogens with zero attached hydrogens (tertiary/aromatic N) is 2. The van der Waals surface area contributed by atoms with E-state index in [-0.39, 0.29) is 18.4 Å². The second-order valence-corrected chi connectivity index (χ2v) is 11.5. The zero-order valence-electron chi connectivity index (χ0n) is 24.6. The summed E-state index contributed by atoms with van der Waals surface area (Å²) in [6.45, 7) is 11.7. The summed E-state index contributed by atoms with van der Waals surface area (Å²) < 4.78 is 6.93. The van der Waals surface area contributed by atoms with Crippen LogP contribution in [-0.2, 0) is 16.8 Å². The number of nitrogens with two attached hydrogens (primary N) is 1. The van der Waals surface area contributed by atoms with Crippen LogP contribution in [0.5, 0.6) is 0 Å². The highest BCUT2D eigenvalue weighted by Gasteiger charge is 2.33. The molecule has 0 spiro atoms. The van der Waals surface area contributed by atoms with Gasteiger partial charge in [0.05, 0.1) is 16.9 Å². The van der Waals surface area contributed by atoms with E-state index in [9.17, 15) is 9.59 Å². The second kappa shape index (κ2) is 12.0. The summed E-state index contributed by atoms with van der Waals surface area (Å²) >= 11 is 0. The third-order valence-electron chi connectivity index (χ3n) is 6.82. The molecule has 0 radical (unpaired) electrons. The number of ether oxygens (including phenoxy) is 1. The van der Waals surface area contributed by atoms with Crippen LogP contribution in [0.1, 0.15) is 67.5 Å². The standard InChI is InChI=1S/C33H39N5O3/c1-22(2)33(34,25-13-8-7-9-14-25)26-15-11-16-27(20-26)36-30(39)29-18-23(3)37-38(29)28-17-10-12-24(19-28)21-35-31(40)41-32(4,5)6/h7-20,22H,21,34H2,1-6H3,(H,35,40)(H,36,39). The van der Waals surface area contributed by atoms with Crippen LogP contribution in [0, 0.1) is 12.8 Å². The molecule has 1 atom stereocenters. The average molecular weight is 554 g/mol. The van der Waals surface area contributed by atoms with Crippen molar-refractivity contribution < 1.29 is 14.3 Å². The first-order valence-electron chi connectivity index (χ1n) is 13.8. The van der Waals surface area contributed by atoms with E-state index in [4.69, 9.17) is 10.5 Å². The van der Waals surface area contributed by atoms with Crippen molar-refractivity contribution in [3.63, 3.8) is 0 Å². The Kier molecular flexibility index (Phi) is 8.63. The van der Waals surface area contributed by atoms with Gasteiger partial charge in [-0.2, -0.15) is 5.10 Å². The van der Waals surface area contributed by atoms with E-state index in [0.29, 0.717) is 22.8 Å². The van der Waals surface area contributed by atoms with E-state index in [1.807, 2.05) is 107 Å². The second-order valence-electron chi connectivity index (χ2n) is 11.5. The number of hydrogen-bond acceptors (Lipinski definition) is 5. The van der Waals surface area contributed by atoms with Crippen molar-refractivity contribution in [3.8, 4) is 5.69 Å². The van der Waals surface area contributed by atoms with Gasteiger partial charge in [-0.1, -0.05) is 68.4 Å². The number of carbonyl (C=O) groups is 2. The molecule has 0 fully saturated rings. The van der Waals surface area contributed by atoms with E-state index in [1.54, 1.807) is 10.7 Å². The maximum absolute atomic E-state index is 13.5. The van der Waals surface area contributed by atoms with Crippen molar-refractivity contribution >= 4 is 17.7 Å². The highest BCUT2D eigenvalue weighted by molar-refractivity contribution is 6.03. The van der Waals surface area contributed by atoms with Gasteiger partial charge in [0.1, 0.15) is 11.3 Å². The molecule has 3 aromatic carbocycles. The summed E-state index contributed by atoms with van der Waals surface area (Å²) in [7, 11) is 0. The van der Waals surface area contributed by atoms with E-state index >= 15 is 0 Å². The summed E-state index contributed by atoms with van der Waals surface area (Å²) in [5.41, 5.74) is 10.9. The SMILES string of the molecule is Cc1cc(C(=O)Nc2cccc(C(N)(c3ccccc3)C(C)C)c2)n(-c2cccc(CNC(=O)OC(C)(C)C)c2)n1. The van der Waals surface area contributed by atoms with Gasteiger partial charge in [0.25, 0.3) is 5.91 Å². The van der Waals surface area contributed by atoms with Crippen molar-refractivity contribution in [1.29, 1.82) is 0 Å². The van der Waals surface area contributed by atoms with Crippen LogP contribution in [0.25, 0.3) is 5.69 Å². The number of aromatic nitrogens is 2. The minimum absolute atomic E-state index is 0.108. The van der Waals surface area contributed by atoms with Crippen molar-refractivity contribution in [2.24, 2.45) is 11.7 Å². The Labute approximate surface area is 241 Å².